The maximum Gasteiger partial charge on any atom is 0.242 e. The van der Waals surface area contributed by atoms with E-state index in [-0.39, 0.29) is 17.9 Å². The molecule has 0 radical (unpaired) electrons. The van der Waals surface area contributed by atoms with Gasteiger partial charge in [0.2, 0.25) is 11.8 Å². The van der Waals surface area contributed by atoms with E-state index in [1.54, 1.807) is 0 Å². The van der Waals surface area contributed by atoms with Crippen molar-refractivity contribution in [3.63, 3.8) is 0 Å². The van der Waals surface area contributed by atoms with Crippen LogP contribution in [0.3, 0.4) is 0 Å². The molecule has 2 aliphatic carbocycles. The zero-order valence-electron chi connectivity index (χ0n) is 12.2. The molecule has 0 bridgehead atoms. The molecule has 2 saturated carbocycles. The molecule has 3 fully saturated rings. The molecule has 3 aliphatic rings. The van der Waals surface area contributed by atoms with Gasteiger partial charge in [-0.25, -0.2) is 0 Å². The van der Waals surface area contributed by atoms with Gasteiger partial charge in [-0.3, -0.25) is 9.59 Å². The number of hydrogen-bond donors (Lipinski definition) is 2. The van der Waals surface area contributed by atoms with E-state index in [4.69, 9.17) is 0 Å². The average Bonchev–Trinajstić information content (AvgIpc) is 3.25. The highest BCUT2D eigenvalue weighted by atomic mass is 16.2. The van der Waals surface area contributed by atoms with E-state index in [2.05, 4.69) is 10.6 Å². The molecule has 1 heterocycles. The van der Waals surface area contributed by atoms with E-state index >= 15 is 0 Å². The highest BCUT2D eigenvalue weighted by molar-refractivity contribution is 5.88. The van der Waals surface area contributed by atoms with Crippen LogP contribution in [0, 0.1) is 17.8 Å². The van der Waals surface area contributed by atoms with Crippen LogP contribution in [0.2, 0.25) is 0 Å². The van der Waals surface area contributed by atoms with Gasteiger partial charge in [0.1, 0.15) is 6.04 Å². The van der Waals surface area contributed by atoms with Crippen molar-refractivity contribution in [2.75, 3.05) is 6.54 Å². The first-order valence-corrected chi connectivity index (χ1v) is 8.31. The minimum atomic E-state index is -0.289. The van der Waals surface area contributed by atoms with Gasteiger partial charge in [-0.1, -0.05) is 32.1 Å². The van der Waals surface area contributed by atoms with Gasteiger partial charge in [0, 0.05) is 13.0 Å². The molecule has 1 aliphatic heterocycles. The van der Waals surface area contributed by atoms with Crippen LogP contribution in [-0.4, -0.2) is 24.4 Å². The molecule has 0 spiro atoms. The van der Waals surface area contributed by atoms with Crippen LogP contribution in [0.5, 0.6) is 0 Å². The molecule has 0 aromatic heterocycles. The first-order chi connectivity index (χ1) is 9.74. The van der Waals surface area contributed by atoms with E-state index in [1.165, 1.54) is 38.5 Å². The molecule has 0 aromatic carbocycles. The zero-order chi connectivity index (χ0) is 13.9. The van der Waals surface area contributed by atoms with E-state index in [0.717, 1.165) is 31.2 Å². The standard InChI is InChI=1S/C16H26N2O2/c19-15-8-4-7-14(18-15)16(20)17-10-12-9-13(12)11-5-2-1-3-6-11/h11-14H,1-10H2,(H,17,20)(H,18,19)/t12-,13-,14-/m0/s1. The summed E-state index contributed by atoms with van der Waals surface area (Å²) in [6, 6.07) is -0.289. The smallest absolute Gasteiger partial charge is 0.242 e. The van der Waals surface area contributed by atoms with Crippen LogP contribution >= 0.6 is 0 Å². The summed E-state index contributed by atoms with van der Waals surface area (Å²) in [5.41, 5.74) is 0. The van der Waals surface area contributed by atoms with Crippen LogP contribution in [0.4, 0.5) is 0 Å². The molecular weight excluding hydrogens is 252 g/mol. The summed E-state index contributed by atoms with van der Waals surface area (Å²) in [5.74, 6) is 2.51. The molecular formula is C16H26N2O2. The maximum absolute atomic E-state index is 12.0. The van der Waals surface area contributed by atoms with Crippen LogP contribution in [0.25, 0.3) is 0 Å². The normalized spacial score (nSPS) is 34.4. The maximum atomic E-state index is 12.0. The third-order valence-corrected chi connectivity index (χ3v) is 5.32. The van der Waals surface area contributed by atoms with Crippen molar-refractivity contribution in [1.29, 1.82) is 0 Å². The molecule has 4 heteroatoms. The number of carbonyl (C=O) groups excluding carboxylic acids is 2. The lowest BCUT2D eigenvalue weighted by Gasteiger charge is -2.23. The fraction of sp³-hybridized carbons (Fsp3) is 0.875. The second kappa shape index (κ2) is 6.15. The van der Waals surface area contributed by atoms with Crippen LogP contribution < -0.4 is 10.6 Å². The van der Waals surface area contributed by atoms with Gasteiger partial charge in [-0.05, 0) is 37.0 Å². The van der Waals surface area contributed by atoms with Crippen molar-refractivity contribution in [3.05, 3.63) is 0 Å². The van der Waals surface area contributed by atoms with Crippen LogP contribution in [0.1, 0.15) is 57.8 Å². The van der Waals surface area contributed by atoms with E-state index in [1.807, 2.05) is 0 Å². The van der Waals surface area contributed by atoms with Crippen molar-refractivity contribution >= 4 is 11.8 Å². The molecule has 112 valence electrons. The summed E-state index contributed by atoms with van der Waals surface area (Å²) in [7, 11) is 0. The van der Waals surface area contributed by atoms with Gasteiger partial charge in [0.25, 0.3) is 0 Å². The van der Waals surface area contributed by atoms with Crippen molar-refractivity contribution in [3.8, 4) is 0 Å². The fourth-order valence-corrected chi connectivity index (χ4v) is 4.00. The van der Waals surface area contributed by atoms with Gasteiger partial charge in [-0.15, -0.1) is 0 Å². The zero-order valence-corrected chi connectivity index (χ0v) is 12.2. The Morgan fingerprint density at radius 2 is 1.95 bits per heavy atom. The van der Waals surface area contributed by atoms with Crippen LogP contribution in [-0.2, 0) is 9.59 Å². The molecule has 1 saturated heterocycles. The molecule has 2 N–H and O–H groups in total. The second-order valence-electron chi connectivity index (χ2n) is 6.82. The third kappa shape index (κ3) is 3.33. The predicted molar refractivity (Wildman–Crippen MR) is 77.0 cm³/mol. The second-order valence-corrected chi connectivity index (χ2v) is 6.82. The minimum absolute atomic E-state index is 0.0166. The quantitative estimate of drug-likeness (QED) is 0.826. The SMILES string of the molecule is O=C1CCC[C@@H](C(=O)NC[C@@H]2C[C@H]2C2CCCCC2)N1. The Balaban J connectivity index is 1.37. The highest BCUT2D eigenvalue weighted by Gasteiger charge is 2.42. The van der Waals surface area contributed by atoms with Gasteiger partial charge in [-0.2, -0.15) is 0 Å². The lowest BCUT2D eigenvalue weighted by molar-refractivity contribution is -0.131. The predicted octanol–water partition coefficient (Wildman–Crippen LogP) is 1.99. The first-order valence-electron chi connectivity index (χ1n) is 8.31. The highest BCUT2D eigenvalue weighted by Crippen LogP contribution is 2.48. The Kier molecular flexibility index (Phi) is 4.27. The lowest BCUT2D eigenvalue weighted by Crippen LogP contribution is -2.49. The summed E-state index contributed by atoms with van der Waals surface area (Å²) in [5, 5.41) is 5.83. The summed E-state index contributed by atoms with van der Waals surface area (Å²) >= 11 is 0. The van der Waals surface area contributed by atoms with E-state index in [0.29, 0.717) is 12.3 Å². The van der Waals surface area contributed by atoms with Crippen molar-refractivity contribution < 1.29 is 9.59 Å². The molecule has 3 rings (SSSR count). The number of amides is 2. The largest absolute Gasteiger partial charge is 0.354 e. The van der Waals surface area contributed by atoms with E-state index < -0.39 is 0 Å². The summed E-state index contributed by atoms with van der Waals surface area (Å²) in [6.07, 6.45) is 10.5. The van der Waals surface area contributed by atoms with Gasteiger partial charge < -0.3 is 10.6 Å². The first kappa shape index (κ1) is 13.9. The average molecular weight is 278 g/mol. The van der Waals surface area contributed by atoms with Crippen molar-refractivity contribution in [1.82, 2.24) is 10.6 Å². The van der Waals surface area contributed by atoms with Crippen LogP contribution in [0.15, 0.2) is 0 Å². The van der Waals surface area contributed by atoms with Gasteiger partial charge in [0.05, 0.1) is 0 Å². The minimum Gasteiger partial charge on any atom is -0.354 e. The topological polar surface area (TPSA) is 58.2 Å². The Hall–Kier alpha value is -1.06. The van der Waals surface area contributed by atoms with Crippen molar-refractivity contribution in [2.24, 2.45) is 17.8 Å². The number of rotatable bonds is 4. The molecule has 20 heavy (non-hydrogen) atoms. The number of nitrogens with one attached hydrogen (secondary N) is 2. The summed E-state index contributed by atoms with van der Waals surface area (Å²) < 4.78 is 0. The molecule has 0 aromatic rings. The number of hydrogen-bond acceptors (Lipinski definition) is 2. The monoisotopic (exact) mass is 278 g/mol. The van der Waals surface area contributed by atoms with E-state index in [9.17, 15) is 9.59 Å². The molecule has 4 nitrogen and oxygen atoms in total. The molecule has 2 amide bonds. The summed E-state index contributed by atoms with van der Waals surface area (Å²) in [6.45, 7) is 0.812. The lowest BCUT2D eigenvalue weighted by atomic mass is 9.85. The van der Waals surface area contributed by atoms with Gasteiger partial charge in [0.15, 0.2) is 0 Å². The van der Waals surface area contributed by atoms with Gasteiger partial charge >= 0.3 is 0 Å². The van der Waals surface area contributed by atoms with Crippen molar-refractivity contribution in [2.45, 2.75) is 63.8 Å². The Morgan fingerprint density at radius 1 is 1.15 bits per heavy atom. The molecule has 3 atom stereocenters. The third-order valence-electron chi connectivity index (χ3n) is 5.32. The Labute approximate surface area is 121 Å². The number of carbonyl (C=O) groups is 2. The Bertz CT molecular complexity index is 377. The molecule has 0 unspecified atom stereocenters. The summed E-state index contributed by atoms with van der Waals surface area (Å²) in [4.78, 5) is 23.3. The Morgan fingerprint density at radius 3 is 2.70 bits per heavy atom. The number of piperidine rings is 1. The fourth-order valence-electron chi connectivity index (χ4n) is 4.00.